The summed E-state index contributed by atoms with van der Waals surface area (Å²) in [6.45, 7) is 4.47. The van der Waals surface area contributed by atoms with Crippen LogP contribution >= 0.6 is 0 Å². The second-order valence-corrected chi connectivity index (χ2v) is 4.72. The molecule has 116 valence electrons. The van der Waals surface area contributed by atoms with Crippen molar-refractivity contribution in [3.05, 3.63) is 66.9 Å². The monoisotopic (exact) mass is 306 g/mol. The van der Waals surface area contributed by atoms with Gasteiger partial charge >= 0.3 is 0 Å². The molecule has 4 rings (SSSR count). The first-order valence-electron chi connectivity index (χ1n) is 7.68. The van der Waals surface area contributed by atoms with Crippen molar-refractivity contribution in [2.45, 2.75) is 20.4 Å². The van der Waals surface area contributed by atoms with E-state index >= 15 is 0 Å². The molecule has 5 heteroatoms. The molecule has 0 spiro atoms. The van der Waals surface area contributed by atoms with Crippen molar-refractivity contribution in [3.8, 4) is 11.3 Å². The maximum Gasteiger partial charge on any atom is 0.237 e. The minimum atomic E-state index is 0.466. The summed E-state index contributed by atoms with van der Waals surface area (Å²) < 4.78 is 7.11. The first-order valence-corrected chi connectivity index (χ1v) is 7.68. The zero-order valence-electron chi connectivity index (χ0n) is 13.2. The molecule has 0 aliphatic rings. The van der Waals surface area contributed by atoms with Crippen LogP contribution in [-0.2, 0) is 6.54 Å². The third-order valence-corrected chi connectivity index (χ3v) is 3.40. The Hall–Kier alpha value is -2.95. The summed E-state index contributed by atoms with van der Waals surface area (Å²) in [5.74, 6) is 0.544. The standard InChI is InChI=1S/C16H12N4O.C2H6/c1-2-6-12(7-3-1)16-13-8-4-5-9-14(13)20(19-16)10-15-18-17-11-21-15;1-2/h1-9,11H,10H2;1-2H3. The first-order chi connectivity index (χ1) is 11.4. The van der Waals surface area contributed by atoms with Crippen LogP contribution in [0.4, 0.5) is 0 Å². The molecule has 0 aliphatic heterocycles. The molecule has 2 aromatic carbocycles. The lowest BCUT2D eigenvalue weighted by molar-refractivity contribution is 0.469. The van der Waals surface area contributed by atoms with Crippen molar-refractivity contribution >= 4 is 10.9 Å². The highest BCUT2D eigenvalue weighted by molar-refractivity contribution is 5.93. The van der Waals surface area contributed by atoms with E-state index < -0.39 is 0 Å². The van der Waals surface area contributed by atoms with Crippen LogP contribution in [-0.4, -0.2) is 20.0 Å². The molecule has 0 bridgehead atoms. The second-order valence-electron chi connectivity index (χ2n) is 4.72. The predicted octanol–water partition coefficient (Wildman–Crippen LogP) is 4.16. The van der Waals surface area contributed by atoms with Gasteiger partial charge in [0, 0.05) is 10.9 Å². The van der Waals surface area contributed by atoms with Gasteiger partial charge in [-0.05, 0) is 6.07 Å². The first kappa shape index (κ1) is 15.0. The van der Waals surface area contributed by atoms with Gasteiger partial charge in [0.2, 0.25) is 12.3 Å². The van der Waals surface area contributed by atoms with E-state index in [4.69, 9.17) is 9.52 Å². The van der Waals surface area contributed by atoms with Crippen LogP contribution in [0, 0.1) is 0 Å². The Morgan fingerprint density at radius 3 is 2.43 bits per heavy atom. The van der Waals surface area contributed by atoms with Crippen molar-refractivity contribution in [3.63, 3.8) is 0 Å². The zero-order valence-corrected chi connectivity index (χ0v) is 13.2. The molecule has 0 unspecified atom stereocenters. The Morgan fingerprint density at radius 1 is 0.957 bits per heavy atom. The fourth-order valence-electron chi connectivity index (χ4n) is 2.45. The summed E-state index contributed by atoms with van der Waals surface area (Å²) in [6.07, 6.45) is 1.33. The van der Waals surface area contributed by atoms with Gasteiger partial charge in [-0.2, -0.15) is 5.10 Å². The zero-order chi connectivity index (χ0) is 16.1. The van der Waals surface area contributed by atoms with Gasteiger partial charge in [0.15, 0.2) is 0 Å². The number of para-hydroxylation sites is 1. The quantitative estimate of drug-likeness (QED) is 0.570. The predicted molar refractivity (Wildman–Crippen MR) is 89.9 cm³/mol. The summed E-state index contributed by atoms with van der Waals surface area (Å²) in [4.78, 5) is 0. The smallest absolute Gasteiger partial charge is 0.237 e. The molecule has 0 saturated carbocycles. The highest BCUT2D eigenvalue weighted by Crippen LogP contribution is 2.27. The van der Waals surface area contributed by atoms with Gasteiger partial charge in [-0.3, -0.25) is 4.68 Å². The molecular formula is C18H18N4O. The molecular weight excluding hydrogens is 288 g/mol. The highest BCUT2D eigenvalue weighted by Gasteiger charge is 2.13. The lowest BCUT2D eigenvalue weighted by atomic mass is 10.1. The average molecular weight is 306 g/mol. The van der Waals surface area contributed by atoms with Crippen molar-refractivity contribution in [2.24, 2.45) is 0 Å². The van der Waals surface area contributed by atoms with Crippen LogP contribution in [0.3, 0.4) is 0 Å². The highest BCUT2D eigenvalue weighted by atomic mass is 16.4. The molecule has 23 heavy (non-hydrogen) atoms. The fourth-order valence-corrected chi connectivity index (χ4v) is 2.45. The third kappa shape index (κ3) is 2.99. The maximum atomic E-state index is 5.22. The molecule has 0 fully saturated rings. The van der Waals surface area contributed by atoms with E-state index in [1.807, 2.05) is 54.9 Å². The van der Waals surface area contributed by atoms with Crippen LogP contribution < -0.4 is 0 Å². The molecule has 0 atom stereocenters. The summed E-state index contributed by atoms with van der Waals surface area (Å²) in [6, 6.07) is 18.3. The number of fused-ring (bicyclic) bond motifs is 1. The summed E-state index contributed by atoms with van der Waals surface area (Å²) >= 11 is 0. The number of benzene rings is 2. The van der Waals surface area contributed by atoms with E-state index in [0.29, 0.717) is 12.4 Å². The third-order valence-electron chi connectivity index (χ3n) is 3.40. The van der Waals surface area contributed by atoms with Gasteiger partial charge in [0.1, 0.15) is 12.2 Å². The van der Waals surface area contributed by atoms with Gasteiger partial charge in [-0.15, -0.1) is 10.2 Å². The SMILES string of the molecule is CC.c1ccc(-c2nn(Cc3nnco3)c3ccccc23)cc1. The summed E-state index contributed by atoms with van der Waals surface area (Å²) in [5, 5.41) is 13.5. The van der Waals surface area contributed by atoms with Gasteiger partial charge in [-0.1, -0.05) is 62.4 Å². The van der Waals surface area contributed by atoms with Crippen molar-refractivity contribution in [1.82, 2.24) is 20.0 Å². The lowest BCUT2D eigenvalue weighted by Crippen LogP contribution is -2.02. The normalized spacial score (nSPS) is 10.3. The number of nitrogens with zero attached hydrogens (tertiary/aromatic N) is 4. The van der Waals surface area contributed by atoms with E-state index in [1.165, 1.54) is 6.39 Å². The van der Waals surface area contributed by atoms with Gasteiger partial charge < -0.3 is 4.42 Å². The van der Waals surface area contributed by atoms with Crippen LogP contribution in [0.25, 0.3) is 22.2 Å². The molecule has 0 amide bonds. The number of hydrogen-bond acceptors (Lipinski definition) is 4. The number of hydrogen-bond donors (Lipinski definition) is 0. The van der Waals surface area contributed by atoms with E-state index in [1.54, 1.807) is 0 Å². The minimum Gasteiger partial charge on any atom is -0.426 e. The van der Waals surface area contributed by atoms with Crippen molar-refractivity contribution in [1.29, 1.82) is 0 Å². The molecule has 2 aromatic heterocycles. The van der Waals surface area contributed by atoms with Gasteiger partial charge in [0.05, 0.1) is 5.52 Å². The van der Waals surface area contributed by atoms with Crippen LogP contribution in [0.15, 0.2) is 65.4 Å². The van der Waals surface area contributed by atoms with Gasteiger partial charge in [0.25, 0.3) is 0 Å². The molecule has 5 nitrogen and oxygen atoms in total. The topological polar surface area (TPSA) is 56.7 Å². The summed E-state index contributed by atoms with van der Waals surface area (Å²) in [5.41, 5.74) is 3.11. The van der Waals surface area contributed by atoms with Crippen LogP contribution in [0.5, 0.6) is 0 Å². The largest absolute Gasteiger partial charge is 0.426 e. The minimum absolute atomic E-state index is 0.466. The Balaban J connectivity index is 0.000000753. The second kappa shape index (κ2) is 6.87. The Labute approximate surface area is 134 Å². The molecule has 0 aliphatic carbocycles. The Bertz CT molecular complexity index is 867. The maximum absolute atomic E-state index is 5.22. The van der Waals surface area contributed by atoms with Crippen LogP contribution in [0.2, 0.25) is 0 Å². The molecule has 2 heterocycles. The van der Waals surface area contributed by atoms with E-state index in [2.05, 4.69) is 28.4 Å². The molecule has 4 aromatic rings. The summed E-state index contributed by atoms with van der Waals surface area (Å²) in [7, 11) is 0. The van der Waals surface area contributed by atoms with Gasteiger partial charge in [-0.25, -0.2) is 0 Å². The molecule has 0 radical (unpaired) electrons. The molecule has 0 N–H and O–H groups in total. The fraction of sp³-hybridized carbons (Fsp3) is 0.167. The van der Waals surface area contributed by atoms with E-state index in [9.17, 15) is 0 Å². The Morgan fingerprint density at radius 2 is 1.70 bits per heavy atom. The number of rotatable bonds is 3. The van der Waals surface area contributed by atoms with E-state index in [0.717, 1.165) is 22.2 Å². The van der Waals surface area contributed by atoms with Crippen molar-refractivity contribution < 1.29 is 4.42 Å². The van der Waals surface area contributed by atoms with Crippen LogP contribution in [0.1, 0.15) is 19.7 Å². The lowest BCUT2D eigenvalue weighted by Gasteiger charge is -1.98. The number of aromatic nitrogens is 4. The van der Waals surface area contributed by atoms with Crippen molar-refractivity contribution in [2.75, 3.05) is 0 Å². The molecule has 0 saturated heterocycles. The van der Waals surface area contributed by atoms with E-state index in [-0.39, 0.29) is 0 Å². The Kier molecular flexibility index (Phi) is 4.47. The average Bonchev–Trinajstić information content (AvgIpc) is 3.26.